The molecule has 2 aromatic rings. The van der Waals surface area contributed by atoms with Gasteiger partial charge in [0.25, 0.3) is 0 Å². The van der Waals surface area contributed by atoms with E-state index in [1.807, 2.05) is 19.1 Å². The van der Waals surface area contributed by atoms with E-state index in [1.54, 1.807) is 18.2 Å². The Bertz CT molecular complexity index is 627. The molecule has 0 amide bonds. The number of carbonyl (C=O) groups is 1. The van der Waals surface area contributed by atoms with Crippen molar-refractivity contribution in [3.05, 3.63) is 50.1 Å². The number of rotatable bonds is 4. The maximum absolute atomic E-state index is 11.7. The number of carbonyl (C=O) groups excluding carboxylic acids is 1. The molecular formula is C14H13Cl2NO2S. The number of hydrogen-bond donors (Lipinski definition) is 1. The van der Waals surface area contributed by atoms with Crippen molar-refractivity contribution in [2.45, 2.75) is 13.0 Å². The summed E-state index contributed by atoms with van der Waals surface area (Å²) in [6.07, 6.45) is 0. The van der Waals surface area contributed by atoms with Crippen LogP contribution in [0.4, 0.5) is 5.69 Å². The van der Waals surface area contributed by atoms with Gasteiger partial charge in [-0.3, -0.25) is 0 Å². The number of ether oxygens (including phenoxy) is 1. The van der Waals surface area contributed by atoms with Crippen LogP contribution in [0, 0.1) is 0 Å². The summed E-state index contributed by atoms with van der Waals surface area (Å²) in [6.45, 7) is 1.99. The van der Waals surface area contributed by atoms with Crippen LogP contribution in [0.15, 0.2) is 30.3 Å². The molecule has 0 aliphatic carbocycles. The van der Waals surface area contributed by atoms with Gasteiger partial charge in [-0.1, -0.05) is 23.2 Å². The van der Waals surface area contributed by atoms with Crippen molar-refractivity contribution in [1.82, 2.24) is 0 Å². The van der Waals surface area contributed by atoms with Gasteiger partial charge in [0.2, 0.25) is 0 Å². The Morgan fingerprint density at radius 3 is 2.65 bits per heavy atom. The van der Waals surface area contributed by atoms with Gasteiger partial charge < -0.3 is 10.1 Å². The first-order chi connectivity index (χ1) is 9.51. The third-order valence-corrected chi connectivity index (χ3v) is 4.43. The molecular weight excluding hydrogens is 317 g/mol. The van der Waals surface area contributed by atoms with Crippen LogP contribution in [-0.2, 0) is 4.74 Å². The molecule has 1 unspecified atom stereocenters. The molecule has 2 rings (SSSR count). The molecule has 1 aromatic carbocycles. The molecule has 1 aromatic heterocycles. The van der Waals surface area contributed by atoms with Crippen LogP contribution in [0.1, 0.15) is 28.2 Å². The molecule has 0 saturated heterocycles. The highest BCUT2D eigenvalue weighted by Crippen LogP contribution is 2.31. The lowest BCUT2D eigenvalue weighted by molar-refractivity contribution is 0.0602. The number of anilines is 1. The zero-order valence-electron chi connectivity index (χ0n) is 10.9. The van der Waals surface area contributed by atoms with Gasteiger partial charge in [-0.15, -0.1) is 11.3 Å². The zero-order chi connectivity index (χ0) is 14.7. The van der Waals surface area contributed by atoms with Crippen molar-refractivity contribution in [1.29, 1.82) is 0 Å². The minimum absolute atomic E-state index is 0.00868. The Kier molecular flexibility index (Phi) is 4.91. The monoisotopic (exact) mass is 329 g/mol. The molecule has 106 valence electrons. The topological polar surface area (TPSA) is 38.3 Å². The predicted molar refractivity (Wildman–Crippen MR) is 84.2 cm³/mol. The minimum atomic E-state index is -0.402. The van der Waals surface area contributed by atoms with Gasteiger partial charge in [0.15, 0.2) is 0 Å². The summed E-state index contributed by atoms with van der Waals surface area (Å²) >= 11 is 13.4. The molecule has 0 aliphatic heterocycles. The van der Waals surface area contributed by atoms with E-state index in [9.17, 15) is 4.79 Å². The zero-order valence-corrected chi connectivity index (χ0v) is 13.3. The van der Waals surface area contributed by atoms with Crippen LogP contribution in [0.3, 0.4) is 0 Å². The number of esters is 1. The Balaban J connectivity index is 2.28. The quantitative estimate of drug-likeness (QED) is 0.801. The average molecular weight is 330 g/mol. The van der Waals surface area contributed by atoms with Crippen LogP contribution in [-0.4, -0.2) is 13.1 Å². The fourth-order valence-corrected chi connectivity index (χ4v) is 3.02. The third-order valence-electron chi connectivity index (χ3n) is 2.78. The number of nitrogens with one attached hydrogen (secondary N) is 1. The van der Waals surface area contributed by atoms with Crippen LogP contribution >= 0.6 is 34.5 Å². The molecule has 3 nitrogen and oxygen atoms in total. The summed E-state index contributed by atoms with van der Waals surface area (Å²) in [5.74, 6) is -0.402. The largest absolute Gasteiger partial charge is 0.465 e. The van der Waals surface area contributed by atoms with Gasteiger partial charge in [0.1, 0.15) is 0 Å². The number of methoxy groups -OCH3 is 1. The maximum atomic E-state index is 11.7. The van der Waals surface area contributed by atoms with E-state index in [-0.39, 0.29) is 6.04 Å². The molecule has 1 N–H and O–H groups in total. The Morgan fingerprint density at radius 2 is 2.05 bits per heavy atom. The van der Waals surface area contributed by atoms with Crippen LogP contribution < -0.4 is 5.32 Å². The first-order valence-electron chi connectivity index (χ1n) is 5.91. The van der Waals surface area contributed by atoms with Crippen LogP contribution in [0.5, 0.6) is 0 Å². The standard InChI is InChI=1S/C14H13Cl2NO2S/c1-8(12-5-6-13(16)20-12)17-11-7-9(15)3-4-10(11)14(18)19-2/h3-8,17H,1-2H3. The molecule has 0 bridgehead atoms. The highest BCUT2D eigenvalue weighted by atomic mass is 35.5. The van der Waals surface area contributed by atoms with E-state index in [1.165, 1.54) is 18.4 Å². The van der Waals surface area contributed by atoms with Gasteiger partial charge in [-0.05, 0) is 37.3 Å². The fourth-order valence-electron chi connectivity index (χ4n) is 1.79. The Labute approximate surface area is 131 Å². The average Bonchev–Trinajstić information content (AvgIpc) is 2.85. The summed E-state index contributed by atoms with van der Waals surface area (Å²) in [4.78, 5) is 12.8. The molecule has 1 atom stereocenters. The highest BCUT2D eigenvalue weighted by molar-refractivity contribution is 7.16. The van der Waals surface area contributed by atoms with Crippen LogP contribution in [0.25, 0.3) is 0 Å². The van der Waals surface area contributed by atoms with Gasteiger partial charge in [0.05, 0.1) is 28.7 Å². The lowest BCUT2D eigenvalue weighted by Crippen LogP contribution is -2.11. The van der Waals surface area contributed by atoms with Gasteiger partial charge in [-0.2, -0.15) is 0 Å². The lowest BCUT2D eigenvalue weighted by Gasteiger charge is -2.16. The SMILES string of the molecule is COC(=O)c1ccc(Cl)cc1NC(C)c1ccc(Cl)s1. The lowest BCUT2D eigenvalue weighted by atomic mass is 10.1. The van der Waals surface area contributed by atoms with E-state index in [4.69, 9.17) is 27.9 Å². The van der Waals surface area contributed by atoms with Crippen molar-refractivity contribution in [3.63, 3.8) is 0 Å². The molecule has 6 heteroatoms. The van der Waals surface area contributed by atoms with Crippen molar-refractivity contribution >= 4 is 46.2 Å². The van der Waals surface area contributed by atoms with E-state index in [2.05, 4.69) is 5.32 Å². The number of thiophene rings is 1. The van der Waals surface area contributed by atoms with Crippen molar-refractivity contribution in [2.24, 2.45) is 0 Å². The smallest absolute Gasteiger partial charge is 0.339 e. The van der Waals surface area contributed by atoms with Crippen molar-refractivity contribution < 1.29 is 9.53 Å². The normalized spacial score (nSPS) is 12.0. The summed E-state index contributed by atoms with van der Waals surface area (Å²) in [6, 6.07) is 8.82. The van der Waals surface area contributed by atoms with Crippen molar-refractivity contribution in [2.75, 3.05) is 12.4 Å². The second-order valence-corrected chi connectivity index (χ2v) is 6.37. The maximum Gasteiger partial charge on any atom is 0.339 e. The Morgan fingerprint density at radius 1 is 1.30 bits per heavy atom. The number of hydrogen-bond acceptors (Lipinski definition) is 4. The predicted octanol–water partition coefficient (Wildman–Crippen LogP) is 5.01. The summed E-state index contributed by atoms with van der Waals surface area (Å²) in [5, 5.41) is 3.82. The second-order valence-electron chi connectivity index (χ2n) is 4.19. The highest BCUT2D eigenvalue weighted by Gasteiger charge is 2.15. The summed E-state index contributed by atoms with van der Waals surface area (Å²) in [7, 11) is 1.35. The van der Waals surface area contributed by atoms with E-state index >= 15 is 0 Å². The van der Waals surface area contributed by atoms with E-state index in [0.717, 1.165) is 9.21 Å². The Hall–Kier alpha value is -1.23. The summed E-state index contributed by atoms with van der Waals surface area (Å²) < 4.78 is 5.50. The second kappa shape index (κ2) is 6.48. The fraction of sp³-hybridized carbons (Fsp3) is 0.214. The molecule has 0 aliphatic rings. The molecule has 1 heterocycles. The number of benzene rings is 1. The van der Waals surface area contributed by atoms with E-state index in [0.29, 0.717) is 16.3 Å². The molecule has 0 radical (unpaired) electrons. The van der Waals surface area contributed by atoms with Gasteiger partial charge in [0, 0.05) is 9.90 Å². The van der Waals surface area contributed by atoms with Gasteiger partial charge >= 0.3 is 5.97 Å². The van der Waals surface area contributed by atoms with Crippen molar-refractivity contribution in [3.8, 4) is 0 Å². The number of halogens is 2. The molecule has 0 fully saturated rings. The first-order valence-corrected chi connectivity index (χ1v) is 7.48. The van der Waals surface area contributed by atoms with E-state index < -0.39 is 5.97 Å². The minimum Gasteiger partial charge on any atom is -0.465 e. The third kappa shape index (κ3) is 3.45. The molecule has 20 heavy (non-hydrogen) atoms. The summed E-state index contributed by atoms with van der Waals surface area (Å²) in [5.41, 5.74) is 1.09. The van der Waals surface area contributed by atoms with Gasteiger partial charge in [-0.25, -0.2) is 4.79 Å². The first kappa shape index (κ1) is 15.2. The molecule has 0 saturated carbocycles. The molecule has 0 spiro atoms. The van der Waals surface area contributed by atoms with Crippen LogP contribution in [0.2, 0.25) is 9.36 Å².